The van der Waals surface area contributed by atoms with Crippen LogP contribution < -0.4 is 9.47 Å². The molecule has 0 saturated carbocycles. The van der Waals surface area contributed by atoms with Crippen molar-refractivity contribution in [2.75, 3.05) is 13.2 Å². The molecule has 0 aromatic heterocycles. The van der Waals surface area contributed by atoms with Crippen molar-refractivity contribution in [2.24, 2.45) is 0 Å². The van der Waals surface area contributed by atoms with Crippen molar-refractivity contribution >= 4 is 27.7 Å². The van der Waals surface area contributed by atoms with Crippen molar-refractivity contribution in [3.05, 3.63) is 58.1 Å². The minimum atomic E-state index is -0.393. The third kappa shape index (κ3) is 5.08. The Morgan fingerprint density at radius 2 is 1.69 bits per heavy atom. The number of carbonyl (C=O) groups excluding carboxylic acids is 2. The standard InChI is InChI=1S/C20H19BrO5/c21-16-5-2-14(3-6-16)13-26-20(23)9-7-17(22)15-4-8-18-19(12-15)25-11-1-10-24-18/h2-6,8,12H,1,7,9-11,13H2. The quantitative estimate of drug-likeness (QED) is 0.516. The molecular weight excluding hydrogens is 400 g/mol. The number of hydrogen-bond donors (Lipinski definition) is 0. The Kier molecular flexibility index (Phi) is 6.28. The molecule has 2 aromatic carbocycles. The smallest absolute Gasteiger partial charge is 0.306 e. The minimum absolute atomic E-state index is 0.0454. The van der Waals surface area contributed by atoms with E-state index >= 15 is 0 Å². The second kappa shape index (κ2) is 8.85. The SMILES string of the molecule is O=C(CCC(=O)c1ccc2c(c1)OCCCO2)OCc1ccc(Br)cc1. The molecule has 0 spiro atoms. The summed E-state index contributed by atoms with van der Waals surface area (Å²) in [6, 6.07) is 12.6. The van der Waals surface area contributed by atoms with Gasteiger partial charge in [-0.05, 0) is 35.9 Å². The molecule has 2 aromatic rings. The molecule has 3 rings (SSSR count). The van der Waals surface area contributed by atoms with E-state index in [1.54, 1.807) is 18.2 Å². The van der Waals surface area contributed by atoms with Crippen LogP contribution in [0.4, 0.5) is 0 Å². The Hall–Kier alpha value is -2.34. The maximum Gasteiger partial charge on any atom is 0.306 e. The van der Waals surface area contributed by atoms with Crippen molar-refractivity contribution in [2.45, 2.75) is 25.9 Å². The molecule has 0 radical (unpaired) electrons. The van der Waals surface area contributed by atoms with Crippen molar-refractivity contribution in [1.29, 1.82) is 0 Å². The van der Waals surface area contributed by atoms with Gasteiger partial charge in [-0.1, -0.05) is 28.1 Å². The van der Waals surface area contributed by atoms with E-state index in [0.29, 0.717) is 30.3 Å². The van der Waals surface area contributed by atoms with Crippen LogP contribution in [0.1, 0.15) is 35.2 Å². The summed E-state index contributed by atoms with van der Waals surface area (Å²) in [6.07, 6.45) is 0.949. The zero-order valence-electron chi connectivity index (χ0n) is 14.2. The van der Waals surface area contributed by atoms with Gasteiger partial charge in [0.05, 0.1) is 19.6 Å². The molecule has 1 aliphatic heterocycles. The number of fused-ring (bicyclic) bond motifs is 1. The highest BCUT2D eigenvalue weighted by molar-refractivity contribution is 9.10. The number of esters is 1. The van der Waals surface area contributed by atoms with Gasteiger partial charge >= 0.3 is 5.97 Å². The van der Waals surface area contributed by atoms with Crippen LogP contribution in [-0.4, -0.2) is 25.0 Å². The Balaban J connectivity index is 1.49. The number of benzene rings is 2. The molecule has 0 saturated heterocycles. The van der Waals surface area contributed by atoms with Gasteiger partial charge in [-0.3, -0.25) is 9.59 Å². The van der Waals surface area contributed by atoms with E-state index in [1.807, 2.05) is 24.3 Å². The Bertz CT molecular complexity index is 785. The lowest BCUT2D eigenvalue weighted by atomic mass is 10.1. The van der Waals surface area contributed by atoms with Crippen molar-refractivity contribution in [3.8, 4) is 11.5 Å². The van der Waals surface area contributed by atoms with E-state index in [2.05, 4.69) is 15.9 Å². The van der Waals surface area contributed by atoms with E-state index in [1.165, 1.54) is 0 Å². The Morgan fingerprint density at radius 3 is 2.46 bits per heavy atom. The molecule has 1 aliphatic rings. The lowest BCUT2D eigenvalue weighted by Gasteiger charge is -2.09. The van der Waals surface area contributed by atoms with Crippen LogP contribution in [0.3, 0.4) is 0 Å². The van der Waals surface area contributed by atoms with Crippen LogP contribution >= 0.6 is 15.9 Å². The first-order chi connectivity index (χ1) is 12.6. The first-order valence-corrected chi connectivity index (χ1v) is 9.24. The van der Waals surface area contributed by atoms with Crippen LogP contribution in [-0.2, 0) is 16.1 Å². The van der Waals surface area contributed by atoms with Crippen molar-refractivity contribution in [1.82, 2.24) is 0 Å². The zero-order chi connectivity index (χ0) is 18.4. The average Bonchev–Trinajstić information content (AvgIpc) is 2.90. The summed E-state index contributed by atoms with van der Waals surface area (Å²) < 4.78 is 17.3. The summed E-state index contributed by atoms with van der Waals surface area (Å²) >= 11 is 3.35. The Labute approximate surface area is 160 Å². The van der Waals surface area contributed by atoms with E-state index in [0.717, 1.165) is 16.5 Å². The van der Waals surface area contributed by atoms with Gasteiger partial charge in [-0.15, -0.1) is 0 Å². The van der Waals surface area contributed by atoms with Gasteiger partial charge < -0.3 is 14.2 Å². The number of rotatable bonds is 6. The second-order valence-electron chi connectivity index (χ2n) is 5.92. The van der Waals surface area contributed by atoms with E-state index in [9.17, 15) is 9.59 Å². The molecule has 0 bridgehead atoms. The molecule has 0 amide bonds. The number of Topliss-reactive ketones (excluding diaryl/α,β-unsaturated/α-hetero) is 1. The van der Waals surface area contributed by atoms with Gasteiger partial charge in [-0.25, -0.2) is 0 Å². The van der Waals surface area contributed by atoms with E-state index in [-0.39, 0.29) is 25.2 Å². The number of carbonyl (C=O) groups is 2. The fourth-order valence-corrected chi connectivity index (χ4v) is 2.78. The monoisotopic (exact) mass is 418 g/mol. The normalized spacial score (nSPS) is 13.0. The fraction of sp³-hybridized carbons (Fsp3) is 0.300. The molecule has 26 heavy (non-hydrogen) atoms. The van der Waals surface area contributed by atoms with Crippen LogP contribution in [0, 0.1) is 0 Å². The second-order valence-corrected chi connectivity index (χ2v) is 6.84. The first kappa shape index (κ1) is 18.5. The highest BCUT2D eigenvalue weighted by Crippen LogP contribution is 2.30. The molecule has 0 atom stereocenters. The maximum atomic E-state index is 12.3. The predicted octanol–water partition coefficient (Wildman–Crippen LogP) is 4.32. The van der Waals surface area contributed by atoms with Crippen LogP contribution in [0.25, 0.3) is 0 Å². The number of ketones is 1. The number of ether oxygens (including phenoxy) is 3. The summed E-state index contributed by atoms with van der Waals surface area (Å²) in [5, 5.41) is 0. The third-order valence-electron chi connectivity index (χ3n) is 3.94. The van der Waals surface area contributed by atoms with Gasteiger partial charge in [0.2, 0.25) is 0 Å². The molecule has 5 nitrogen and oxygen atoms in total. The van der Waals surface area contributed by atoms with Crippen LogP contribution in [0.15, 0.2) is 46.9 Å². The van der Waals surface area contributed by atoms with Gasteiger partial charge in [0.15, 0.2) is 17.3 Å². The van der Waals surface area contributed by atoms with Gasteiger partial charge in [0, 0.05) is 22.9 Å². The van der Waals surface area contributed by atoms with Gasteiger partial charge in [0.1, 0.15) is 6.61 Å². The van der Waals surface area contributed by atoms with Gasteiger partial charge in [-0.2, -0.15) is 0 Å². The summed E-state index contributed by atoms with van der Waals surface area (Å²) in [4.78, 5) is 24.2. The molecule has 0 fully saturated rings. The Morgan fingerprint density at radius 1 is 0.962 bits per heavy atom. The first-order valence-electron chi connectivity index (χ1n) is 8.45. The van der Waals surface area contributed by atoms with Crippen LogP contribution in [0.5, 0.6) is 11.5 Å². The molecule has 0 aliphatic carbocycles. The average molecular weight is 419 g/mol. The lowest BCUT2D eigenvalue weighted by Crippen LogP contribution is -2.08. The number of halogens is 1. The maximum absolute atomic E-state index is 12.3. The molecule has 1 heterocycles. The van der Waals surface area contributed by atoms with Crippen molar-refractivity contribution in [3.63, 3.8) is 0 Å². The van der Waals surface area contributed by atoms with E-state index in [4.69, 9.17) is 14.2 Å². The van der Waals surface area contributed by atoms with Crippen molar-refractivity contribution < 1.29 is 23.8 Å². The largest absolute Gasteiger partial charge is 0.490 e. The molecule has 6 heteroatoms. The topological polar surface area (TPSA) is 61.8 Å². The highest BCUT2D eigenvalue weighted by atomic mass is 79.9. The molecular formula is C20H19BrO5. The zero-order valence-corrected chi connectivity index (χ0v) is 15.8. The third-order valence-corrected chi connectivity index (χ3v) is 4.47. The highest BCUT2D eigenvalue weighted by Gasteiger charge is 2.15. The fourth-order valence-electron chi connectivity index (χ4n) is 2.51. The molecule has 136 valence electrons. The van der Waals surface area contributed by atoms with E-state index < -0.39 is 5.97 Å². The number of hydrogen-bond acceptors (Lipinski definition) is 5. The summed E-state index contributed by atoms with van der Waals surface area (Å²) in [5.41, 5.74) is 1.41. The molecule has 0 N–H and O–H groups in total. The predicted molar refractivity (Wildman–Crippen MR) is 99.6 cm³/mol. The lowest BCUT2D eigenvalue weighted by molar-refractivity contribution is -0.144. The van der Waals surface area contributed by atoms with Crippen LogP contribution in [0.2, 0.25) is 0 Å². The summed E-state index contributed by atoms with van der Waals surface area (Å²) in [7, 11) is 0. The molecule has 0 unspecified atom stereocenters. The minimum Gasteiger partial charge on any atom is -0.490 e. The van der Waals surface area contributed by atoms with Gasteiger partial charge in [0.25, 0.3) is 0 Å². The summed E-state index contributed by atoms with van der Waals surface area (Å²) in [5.74, 6) is 0.705. The summed E-state index contributed by atoms with van der Waals surface area (Å²) in [6.45, 7) is 1.36.